The standard InChI is InChI=1S/C17H18N2O3S2/c1-4-19-14-9-8-13(10-15(14)23-17(19)20)24(21,22)18-16-11(2)6-5-7-12(16)3/h5-10,18H,4H2,1-3H3. The predicted molar refractivity (Wildman–Crippen MR) is 98.5 cm³/mol. The first kappa shape index (κ1) is 16.7. The highest BCUT2D eigenvalue weighted by molar-refractivity contribution is 7.92. The molecule has 5 nitrogen and oxygen atoms in total. The minimum atomic E-state index is -3.71. The number of hydrogen-bond donors (Lipinski definition) is 1. The molecule has 0 saturated carbocycles. The van der Waals surface area contributed by atoms with Crippen LogP contribution in [0.1, 0.15) is 18.1 Å². The average molecular weight is 362 g/mol. The molecule has 3 aromatic rings. The fraction of sp³-hybridized carbons (Fsp3) is 0.235. The molecular formula is C17H18N2O3S2. The SMILES string of the molecule is CCn1c(=O)sc2cc(S(=O)(=O)Nc3c(C)cccc3C)ccc21. The van der Waals surface area contributed by atoms with Gasteiger partial charge >= 0.3 is 4.87 Å². The van der Waals surface area contributed by atoms with Crippen molar-refractivity contribution in [2.45, 2.75) is 32.2 Å². The molecule has 0 aliphatic rings. The van der Waals surface area contributed by atoms with Gasteiger partial charge in [0.15, 0.2) is 0 Å². The number of benzene rings is 2. The third kappa shape index (κ3) is 2.85. The molecule has 2 aromatic carbocycles. The summed E-state index contributed by atoms with van der Waals surface area (Å²) in [7, 11) is -3.71. The van der Waals surface area contributed by atoms with Gasteiger partial charge < -0.3 is 0 Å². The van der Waals surface area contributed by atoms with E-state index in [0.717, 1.165) is 28.0 Å². The van der Waals surface area contributed by atoms with E-state index >= 15 is 0 Å². The summed E-state index contributed by atoms with van der Waals surface area (Å²) in [5, 5.41) is 0. The van der Waals surface area contributed by atoms with Crippen molar-refractivity contribution in [2.75, 3.05) is 4.72 Å². The monoisotopic (exact) mass is 362 g/mol. The molecule has 0 spiro atoms. The molecule has 0 bridgehead atoms. The molecule has 1 heterocycles. The smallest absolute Gasteiger partial charge is 0.299 e. The van der Waals surface area contributed by atoms with Crippen LogP contribution in [0.5, 0.6) is 0 Å². The maximum absolute atomic E-state index is 12.7. The van der Waals surface area contributed by atoms with E-state index in [0.29, 0.717) is 16.9 Å². The first-order valence-corrected chi connectivity index (χ1v) is 9.86. The van der Waals surface area contributed by atoms with E-state index in [1.165, 1.54) is 6.07 Å². The zero-order valence-electron chi connectivity index (χ0n) is 13.7. The molecule has 0 atom stereocenters. The van der Waals surface area contributed by atoms with E-state index in [-0.39, 0.29) is 9.77 Å². The van der Waals surface area contributed by atoms with Gasteiger partial charge in [-0.05, 0) is 50.1 Å². The van der Waals surface area contributed by atoms with Gasteiger partial charge in [0.1, 0.15) is 0 Å². The number of sulfonamides is 1. The molecular weight excluding hydrogens is 344 g/mol. The molecule has 0 aliphatic heterocycles. The lowest BCUT2D eigenvalue weighted by molar-refractivity contribution is 0.601. The number of nitrogens with one attached hydrogen (secondary N) is 1. The zero-order chi connectivity index (χ0) is 17.5. The highest BCUT2D eigenvalue weighted by atomic mass is 32.2. The van der Waals surface area contributed by atoms with E-state index in [1.54, 1.807) is 16.7 Å². The molecule has 0 unspecified atom stereocenters. The Morgan fingerprint density at radius 3 is 2.42 bits per heavy atom. The first-order chi connectivity index (χ1) is 11.3. The molecule has 0 fully saturated rings. The number of para-hydroxylation sites is 1. The Hall–Kier alpha value is -2.12. The van der Waals surface area contributed by atoms with Crippen molar-refractivity contribution in [1.82, 2.24) is 4.57 Å². The van der Waals surface area contributed by atoms with Gasteiger partial charge in [0.2, 0.25) is 0 Å². The maximum Gasteiger partial charge on any atom is 0.308 e. The highest BCUT2D eigenvalue weighted by Crippen LogP contribution is 2.26. The van der Waals surface area contributed by atoms with Crippen LogP contribution in [-0.2, 0) is 16.6 Å². The number of thiazole rings is 1. The molecule has 1 N–H and O–H groups in total. The second-order valence-corrected chi connectivity index (χ2v) is 8.29. The normalized spacial score (nSPS) is 11.8. The Balaban J connectivity index is 2.07. The second-order valence-electron chi connectivity index (χ2n) is 5.61. The van der Waals surface area contributed by atoms with Crippen molar-refractivity contribution in [2.24, 2.45) is 0 Å². The lowest BCUT2D eigenvalue weighted by Crippen LogP contribution is -2.14. The number of rotatable bonds is 4. The summed E-state index contributed by atoms with van der Waals surface area (Å²) in [6, 6.07) is 10.4. The molecule has 0 aliphatic carbocycles. The molecule has 1 aromatic heterocycles. The minimum absolute atomic E-state index is 0.0789. The van der Waals surface area contributed by atoms with Crippen LogP contribution in [0.4, 0.5) is 5.69 Å². The molecule has 0 radical (unpaired) electrons. The van der Waals surface area contributed by atoms with Crippen molar-refractivity contribution >= 4 is 37.3 Å². The van der Waals surface area contributed by atoms with Crippen molar-refractivity contribution in [3.63, 3.8) is 0 Å². The van der Waals surface area contributed by atoms with Gasteiger partial charge in [0, 0.05) is 6.54 Å². The number of aryl methyl sites for hydroxylation is 3. The summed E-state index contributed by atoms with van der Waals surface area (Å²) in [6.45, 7) is 6.18. The third-order valence-corrected chi connectivity index (χ3v) is 6.27. The number of hydrogen-bond acceptors (Lipinski definition) is 4. The predicted octanol–water partition coefficient (Wildman–Crippen LogP) is 3.50. The summed E-state index contributed by atoms with van der Waals surface area (Å²) in [4.78, 5) is 12.0. The van der Waals surface area contributed by atoms with Gasteiger partial charge in [-0.2, -0.15) is 0 Å². The number of fused-ring (bicyclic) bond motifs is 1. The van der Waals surface area contributed by atoms with Crippen LogP contribution in [-0.4, -0.2) is 13.0 Å². The Bertz CT molecular complexity index is 1060. The summed E-state index contributed by atoms with van der Waals surface area (Å²) >= 11 is 1.06. The van der Waals surface area contributed by atoms with Crippen LogP contribution in [0.3, 0.4) is 0 Å². The van der Waals surface area contributed by atoms with Gasteiger partial charge in [0.25, 0.3) is 10.0 Å². The highest BCUT2D eigenvalue weighted by Gasteiger charge is 2.18. The van der Waals surface area contributed by atoms with Crippen molar-refractivity contribution in [1.29, 1.82) is 0 Å². The van der Waals surface area contributed by atoms with Crippen molar-refractivity contribution < 1.29 is 8.42 Å². The molecule has 0 saturated heterocycles. The van der Waals surface area contributed by atoms with E-state index in [2.05, 4.69) is 4.72 Å². The van der Waals surface area contributed by atoms with Gasteiger partial charge in [-0.25, -0.2) is 8.42 Å². The van der Waals surface area contributed by atoms with Gasteiger partial charge in [0.05, 0.1) is 20.8 Å². The molecule has 24 heavy (non-hydrogen) atoms. The van der Waals surface area contributed by atoms with Gasteiger partial charge in [-0.3, -0.25) is 14.1 Å². The van der Waals surface area contributed by atoms with Crippen LogP contribution in [0, 0.1) is 13.8 Å². The summed E-state index contributed by atoms with van der Waals surface area (Å²) in [6.07, 6.45) is 0. The van der Waals surface area contributed by atoms with Crippen molar-refractivity contribution in [3.8, 4) is 0 Å². The quantitative estimate of drug-likeness (QED) is 0.772. The largest absolute Gasteiger partial charge is 0.308 e. The van der Waals surface area contributed by atoms with E-state index in [4.69, 9.17) is 0 Å². The minimum Gasteiger partial charge on any atom is -0.299 e. The lowest BCUT2D eigenvalue weighted by atomic mass is 10.1. The topological polar surface area (TPSA) is 68.2 Å². The summed E-state index contributed by atoms with van der Waals surface area (Å²) in [5.41, 5.74) is 3.08. The Kier molecular flexibility index (Phi) is 4.23. The van der Waals surface area contributed by atoms with Gasteiger partial charge in [-0.15, -0.1) is 0 Å². The Morgan fingerprint density at radius 1 is 1.12 bits per heavy atom. The summed E-state index contributed by atoms with van der Waals surface area (Å²) < 4.78 is 30.4. The molecule has 126 valence electrons. The number of aromatic nitrogens is 1. The molecule has 0 amide bonds. The summed E-state index contributed by atoms with van der Waals surface area (Å²) in [5.74, 6) is 0. The average Bonchev–Trinajstić information content (AvgIpc) is 2.85. The number of anilines is 1. The van der Waals surface area contributed by atoms with Gasteiger partial charge in [-0.1, -0.05) is 29.5 Å². The van der Waals surface area contributed by atoms with Crippen LogP contribution < -0.4 is 9.60 Å². The Morgan fingerprint density at radius 2 is 1.79 bits per heavy atom. The van der Waals surface area contributed by atoms with Crippen LogP contribution >= 0.6 is 11.3 Å². The Labute approximate surface area is 144 Å². The second kappa shape index (κ2) is 6.07. The molecule has 3 rings (SSSR count). The van der Waals surface area contributed by atoms with E-state index in [1.807, 2.05) is 39.0 Å². The molecule has 7 heteroatoms. The lowest BCUT2D eigenvalue weighted by Gasteiger charge is -2.13. The zero-order valence-corrected chi connectivity index (χ0v) is 15.3. The fourth-order valence-corrected chi connectivity index (χ4v) is 4.98. The third-order valence-electron chi connectivity index (χ3n) is 3.98. The van der Waals surface area contributed by atoms with E-state index < -0.39 is 10.0 Å². The van der Waals surface area contributed by atoms with Crippen molar-refractivity contribution in [3.05, 3.63) is 57.2 Å². The first-order valence-electron chi connectivity index (χ1n) is 7.56. The maximum atomic E-state index is 12.7. The number of nitrogens with zero attached hydrogens (tertiary/aromatic N) is 1. The van der Waals surface area contributed by atoms with Crippen LogP contribution in [0.15, 0.2) is 46.1 Å². The fourth-order valence-electron chi connectivity index (χ4n) is 2.68. The van der Waals surface area contributed by atoms with Crippen LogP contribution in [0.25, 0.3) is 10.2 Å². The van der Waals surface area contributed by atoms with Crippen LogP contribution in [0.2, 0.25) is 0 Å². The van der Waals surface area contributed by atoms with E-state index in [9.17, 15) is 13.2 Å².